The highest BCUT2D eigenvalue weighted by atomic mass is 35.5. The van der Waals surface area contributed by atoms with Crippen molar-refractivity contribution in [1.82, 2.24) is 9.88 Å². The summed E-state index contributed by atoms with van der Waals surface area (Å²) in [6.07, 6.45) is 0.636. The van der Waals surface area contributed by atoms with Crippen LogP contribution in [0.1, 0.15) is 31.3 Å². The second kappa shape index (κ2) is 7.59. The number of anilines is 1. The molecule has 0 radical (unpaired) electrons. The van der Waals surface area contributed by atoms with E-state index in [1.54, 1.807) is 34.5 Å². The Hall–Kier alpha value is -1.93. The second-order valence-corrected chi connectivity index (χ2v) is 8.66. The number of hydrogen-bond donors (Lipinski definition) is 1. The molecule has 0 fully saturated rings. The van der Waals surface area contributed by atoms with Crippen molar-refractivity contribution in [2.24, 2.45) is 0 Å². The molecule has 2 aromatic heterocycles. The summed E-state index contributed by atoms with van der Waals surface area (Å²) in [5.74, 6) is -0.317. The minimum atomic E-state index is -0.178. The number of thiophene rings is 1. The third kappa shape index (κ3) is 3.87. The molecule has 0 saturated carbocycles. The first-order valence-corrected chi connectivity index (χ1v) is 10.6. The molecule has 138 valence electrons. The van der Waals surface area contributed by atoms with E-state index in [1.807, 2.05) is 5.38 Å². The van der Waals surface area contributed by atoms with Crippen LogP contribution in [-0.4, -0.2) is 28.2 Å². The van der Waals surface area contributed by atoms with Crippen LogP contribution in [-0.2, 0) is 13.0 Å². The van der Waals surface area contributed by atoms with Crippen LogP contribution in [0.3, 0.4) is 0 Å². The van der Waals surface area contributed by atoms with Gasteiger partial charge in [0.25, 0.3) is 11.8 Å². The minimum absolute atomic E-state index is 0.139. The van der Waals surface area contributed by atoms with Crippen LogP contribution in [0, 0.1) is 0 Å². The number of halogens is 2. The van der Waals surface area contributed by atoms with Crippen molar-refractivity contribution in [3.05, 3.63) is 66.8 Å². The maximum absolute atomic E-state index is 12.8. The second-order valence-electron chi connectivity index (χ2n) is 5.96. The largest absolute Gasteiger partial charge is 0.333 e. The average molecular weight is 438 g/mol. The first kappa shape index (κ1) is 18.4. The van der Waals surface area contributed by atoms with Crippen molar-refractivity contribution in [2.45, 2.75) is 13.0 Å². The van der Waals surface area contributed by atoms with Crippen molar-refractivity contribution in [1.29, 1.82) is 0 Å². The topological polar surface area (TPSA) is 62.3 Å². The smallest absolute Gasteiger partial charge is 0.258 e. The monoisotopic (exact) mass is 437 g/mol. The predicted octanol–water partition coefficient (Wildman–Crippen LogP) is 4.96. The van der Waals surface area contributed by atoms with Gasteiger partial charge in [-0.25, -0.2) is 4.98 Å². The third-order valence-electron chi connectivity index (χ3n) is 4.18. The average Bonchev–Trinajstić information content (AvgIpc) is 3.30. The SMILES string of the molecule is O=C(Nc1nc2c(s1)CN(C(=O)c1ccc(Cl)cc1Cl)CC2)c1ccsc1. The molecule has 3 heterocycles. The van der Waals surface area contributed by atoms with Gasteiger partial charge in [-0.2, -0.15) is 11.3 Å². The van der Waals surface area contributed by atoms with E-state index < -0.39 is 0 Å². The van der Waals surface area contributed by atoms with E-state index in [1.165, 1.54) is 22.7 Å². The zero-order chi connectivity index (χ0) is 19.0. The molecule has 9 heteroatoms. The Bertz CT molecular complexity index is 1020. The molecule has 2 amide bonds. The lowest BCUT2D eigenvalue weighted by atomic mass is 10.1. The number of nitrogens with one attached hydrogen (secondary N) is 1. The fourth-order valence-corrected chi connectivity index (χ4v) is 4.96. The summed E-state index contributed by atoms with van der Waals surface area (Å²) in [7, 11) is 0. The third-order valence-corrected chi connectivity index (χ3v) is 6.41. The lowest BCUT2D eigenvalue weighted by molar-refractivity contribution is 0.0736. The Morgan fingerprint density at radius 3 is 2.81 bits per heavy atom. The summed E-state index contributed by atoms with van der Waals surface area (Å²) in [4.78, 5) is 32.2. The zero-order valence-electron chi connectivity index (χ0n) is 13.9. The lowest BCUT2D eigenvalue weighted by Crippen LogP contribution is -2.35. The molecule has 1 aliphatic heterocycles. The van der Waals surface area contributed by atoms with Gasteiger partial charge >= 0.3 is 0 Å². The number of hydrogen-bond acceptors (Lipinski definition) is 5. The molecular formula is C18H13Cl2N3O2S2. The van der Waals surface area contributed by atoms with Gasteiger partial charge in [-0.1, -0.05) is 34.5 Å². The van der Waals surface area contributed by atoms with Gasteiger partial charge in [-0.3, -0.25) is 14.9 Å². The van der Waals surface area contributed by atoms with Gasteiger partial charge in [0.2, 0.25) is 0 Å². The number of aromatic nitrogens is 1. The van der Waals surface area contributed by atoms with Crippen LogP contribution in [0.15, 0.2) is 35.0 Å². The molecule has 0 bridgehead atoms. The molecule has 5 nitrogen and oxygen atoms in total. The summed E-state index contributed by atoms with van der Waals surface area (Å²) in [6.45, 7) is 0.992. The van der Waals surface area contributed by atoms with Crippen molar-refractivity contribution in [3.8, 4) is 0 Å². The van der Waals surface area contributed by atoms with Crippen LogP contribution in [0.25, 0.3) is 0 Å². The van der Waals surface area contributed by atoms with E-state index in [-0.39, 0.29) is 11.8 Å². The predicted molar refractivity (Wildman–Crippen MR) is 109 cm³/mol. The number of rotatable bonds is 3. The van der Waals surface area contributed by atoms with Gasteiger partial charge in [0, 0.05) is 28.2 Å². The fraction of sp³-hybridized carbons (Fsp3) is 0.167. The normalized spacial score (nSPS) is 13.3. The maximum Gasteiger partial charge on any atom is 0.258 e. The van der Waals surface area contributed by atoms with Gasteiger partial charge in [0.15, 0.2) is 5.13 Å². The van der Waals surface area contributed by atoms with Crippen molar-refractivity contribution >= 4 is 62.8 Å². The Kier molecular flexibility index (Phi) is 5.19. The standard InChI is InChI=1S/C18H13Cl2N3O2S2/c19-11-1-2-12(13(20)7-11)17(25)23-5-3-14-15(8-23)27-18(21-14)22-16(24)10-4-6-26-9-10/h1-2,4,6-7,9H,3,5,8H2,(H,21,22,24). The lowest BCUT2D eigenvalue weighted by Gasteiger charge is -2.26. The van der Waals surface area contributed by atoms with E-state index in [9.17, 15) is 9.59 Å². The van der Waals surface area contributed by atoms with Gasteiger partial charge in [-0.15, -0.1) is 0 Å². The summed E-state index contributed by atoms with van der Waals surface area (Å²) < 4.78 is 0. The molecule has 0 atom stereocenters. The van der Waals surface area contributed by atoms with Crippen LogP contribution in [0.2, 0.25) is 10.0 Å². The van der Waals surface area contributed by atoms with Crippen molar-refractivity contribution in [2.75, 3.05) is 11.9 Å². The quantitative estimate of drug-likeness (QED) is 0.629. The van der Waals surface area contributed by atoms with E-state index in [4.69, 9.17) is 23.2 Å². The highest BCUT2D eigenvalue weighted by Gasteiger charge is 2.26. The molecule has 0 aliphatic carbocycles. The van der Waals surface area contributed by atoms with Crippen LogP contribution >= 0.6 is 45.9 Å². The molecule has 0 unspecified atom stereocenters. The van der Waals surface area contributed by atoms with Crippen molar-refractivity contribution < 1.29 is 9.59 Å². The molecule has 1 aliphatic rings. The van der Waals surface area contributed by atoms with Gasteiger partial charge in [-0.05, 0) is 29.6 Å². The van der Waals surface area contributed by atoms with Crippen LogP contribution in [0.5, 0.6) is 0 Å². The number of benzene rings is 1. The van der Waals surface area contributed by atoms with Gasteiger partial charge < -0.3 is 4.90 Å². The Morgan fingerprint density at radius 2 is 2.07 bits per heavy atom. The number of carbonyl (C=O) groups excluding carboxylic acids is 2. The van der Waals surface area contributed by atoms with Crippen LogP contribution < -0.4 is 5.32 Å². The number of amides is 2. The van der Waals surface area contributed by atoms with E-state index in [0.29, 0.717) is 45.8 Å². The molecule has 3 aromatic rings. The molecule has 1 aromatic carbocycles. The van der Waals surface area contributed by atoms with E-state index in [2.05, 4.69) is 10.3 Å². The Balaban J connectivity index is 1.49. The summed E-state index contributed by atoms with van der Waals surface area (Å²) in [5.41, 5.74) is 1.97. The number of carbonyl (C=O) groups is 2. The van der Waals surface area contributed by atoms with Gasteiger partial charge in [0.1, 0.15) is 0 Å². The Morgan fingerprint density at radius 1 is 1.22 bits per heavy atom. The maximum atomic E-state index is 12.8. The summed E-state index contributed by atoms with van der Waals surface area (Å²) in [6, 6.07) is 6.63. The molecule has 1 N–H and O–H groups in total. The molecule has 0 spiro atoms. The van der Waals surface area contributed by atoms with Crippen LogP contribution in [0.4, 0.5) is 5.13 Å². The first-order chi connectivity index (χ1) is 13.0. The van der Waals surface area contributed by atoms with Gasteiger partial charge in [0.05, 0.1) is 28.4 Å². The van der Waals surface area contributed by atoms with E-state index >= 15 is 0 Å². The molecule has 4 rings (SSSR count). The zero-order valence-corrected chi connectivity index (χ0v) is 17.0. The highest BCUT2D eigenvalue weighted by molar-refractivity contribution is 7.16. The Labute approximate surface area is 173 Å². The first-order valence-electron chi connectivity index (χ1n) is 8.07. The number of fused-ring (bicyclic) bond motifs is 1. The molecule has 27 heavy (non-hydrogen) atoms. The molecule has 0 saturated heterocycles. The summed E-state index contributed by atoms with van der Waals surface area (Å²) >= 11 is 14.9. The fourth-order valence-electron chi connectivity index (χ4n) is 2.82. The summed E-state index contributed by atoms with van der Waals surface area (Å²) in [5, 5.41) is 7.86. The van der Waals surface area contributed by atoms with Crippen molar-refractivity contribution in [3.63, 3.8) is 0 Å². The highest BCUT2D eigenvalue weighted by Crippen LogP contribution is 2.30. The molecular weight excluding hydrogens is 425 g/mol. The van der Waals surface area contributed by atoms with E-state index in [0.717, 1.165) is 10.6 Å². The number of thiazole rings is 1. The number of nitrogens with zero attached hydrogens (tertiary/aromatic N) is 2. The minimum Gasteiger partial charge on any atom is -0.333 e.